The van der Waals surface area contributed by atoms with Crippen molar-refractivity contribution in [2.45, 2.75) is 169 Å². The lowest BCUT2D eigenvalue weighted by molar-refractivity contribution is -0.144. The number of esters is 1. The largest absolute Gasteiger partial charge is 0.466 e. The summed E-state index contributed by atoms with van der Waals surface area (Å²) in [6, 6.07) is 0. The van der Waals surface area contributed by atoms with Crippen LogP contribution in [0.25, 0.3) is 0 Å². The summed E-state index contributed by atoms with van der Waals surface area (Å²) < 4.78 is 5.65. The van der Waals surface area contributed by atoms with Crippen molar-refractivity contribution >= 4 is 5.97 Å². The lowest BCUT2D eigenvalue weighted by atomic mass is 9.47. The summed E-state index contributed by atoms with van der Waals surface area (Å²) >= 11 is 0. The summed E-state index contributed by atoms with van der Waals surface area (Å²) in [5.41, 5.74) is 2.33. The smallest absolute Gasteiger partial charge is 0.305 e. The Morgan fingerprint density at radius 1 is 0.925 bits per heavy atom. The number of rotatable bonds is 16. The number of hydrogen-bond acceptors (Lipinski definition) is 3. The standard InChI is InChI=1S/C37H64O3/c1-5-6-7-8-9-10-11-12-13-14-15-26-40-35(39)21-16-28(2)32-19-20-33-31-18-17-29-27-30(38)22-24-36(29,3)34(31)23-25-37(32,33)4/h17,28,30-34,38H,5-16,18-27H2,1-4H3/t28-,30+,31+,32-,33+,34+,36+,37-/m1/s1. The molecule has 0 aromatic rings. The molecular weight excluding hydrogens is 492 g/mol. The van der Waals surface area contributed by atoms with E-state index in [0.29, 0.717) is 29.8 Å². The van der Waals surface area contributed by atoms with E-state index in [4.69, 9.17) is 4.74 Å². The molecule has 0 spiro atoms. The van der Waals surface area contributed by atoms with Crippen molar-refractivity contribution in [2.24, 2.45) is 40.4 Å². The van der Waals surface area contributed by atoms with Crippen LogP contribution in [0.5, 0.6) is 0 Å². The van der Waals surface area contributed by atoms with Crippen molar-refractivity contribution in [2.75, 3.05) is 6.61 Å². The molecule has 3 heteroatoms. The molecule has 3 nitrogen and oxygen atoms in total. The fourth-order valence-corrected chi connectivity index (χ4v) is 10.2. The molecule has 4 aliphatic carbocycles. The molecule has 4 rings (SSSR count). The second-order valence-corrected chi connectivity index (χ2v) is 15.2. The first-order chi connectivity index (χ1) is 19.3. The number of carbonyl (C=O) groups excluding carboxylic acids is 1. The molecule has 3 saturated carbocycles. The SMILES string of the molecule is CCCCCCCCCCCCCOC(=O)CC[C@@H](C)[C@H]1CC[C@H]2[C@@H]3CC=C4C[C@@H](O)CC[C@]4(C)[C@H]3CC[C@]12C. The lowest BCUT2D eigenvalue weighted by Gasteiger charge is -2.58. The number of unbranched alkanes of at least 4 members (excludes halogenated alkanes) is 10. The van der Waals surface area contributed by atoms with Gasteiger partial charge in [-0.15, -0.1) is 0 Å². The summed E-state index contributed by atoms with van der Waals surface area (Å²) in [6.07, 6.45) is 28.3. The summed E-state index contributed by atoms with van der Waals surface area (Å²) in [5, 5.41) is 10.3. The summed E-state index contributed by atoms with van der Waals surface area (Å²) in [5.74, 6) is 3.81. The lowest BCUT2D eigenvalue weighted by Crippen LogP contribution is -2.50. The van der Waals surface area contributed by atoms with E-state index in [1.807, 2.05) is 0 Å². The third-order valence-corrected chi connectivity index (χ3v) is 12.7. The fourth-order valence-electron chi connectivity index (χ4n) is 10.2. The van der Waals surface area contributed by atoms with Crippen LogP contribution in [0.4, 0.5) is 0 Å². The molecule has 230 valence electrons. The van der Waals surface area contributed by atoms with Crippen LogP contribution >= 0.6 is 0 Å². The molecule has 0 aliphatic heterocycles. The van der Waals surface area contributed by atoms with Crippen molar-refractivity contribution in [1.29, 1.82) is 0 Å². The predicted octanol–water partition coefficient (Wildman–Crippen LogP) is 10.2. The van der Waals surface area contributed by atoms with Crippen LogP contribution in [0.3, 0.4) is 0 Å². The van der Waals surface area contributed by atoms with Crippen molar-refractivity contribution in [3.63, 3.8) is 0 Å². The second kappa shape index (κ2) is 15.1. The highest BCUT2D eigenvalue weighted by Crippen LogP contribution is 2.67. The van der Waals surface area contributed by atoms with Crippen molar-refractivity contribution in [3.05, 3.63) is 11.6 Å². The van der Waals surface area contributed by atoms with Crippen LogP contribution in [0.2, 0.25) is 0 Å². The monoisotopic (exact) mass is 556 g/mol. The van der Waals surface area contributed by atoms with Gasteiger partial charge in [0, 0.05) is 6.42 Å². The molecule has 0 heterocycles. The maximum atomic E-state index is 12.5. The van der Waals surface area contributed by atoms with Crippen LogP contribution < -0.4 is 0 Å². The molecule has 0 saturated heterocycles. The zero-order chi connectivity index (χ0) is 28.6. The molecule has 0 radical (unpaired) electrons. The number of carbonyl (C=O) groups is 1. The molecule has 8 atom stereocenters. The Bertz CT molecular complexity index is 818. The van der Waals surface area contributed by atoms with E-state index in [-0.39, 0.29) is 12.1 Å². The Hall–Kier alpha value is -0.830. The molecule has 0 aromatic carbocycles. The minimum absolute atomic E-state index is 0.0275. The minimum atomic E-state index is -0.118. The third-order valence-electron chi connectivity index (χ3n) is 12.7. The van der Waals surface area contributed by atoms with E-state index in [2.05, 4.69) is 33.8 Å². The van der Waals surface area contributed by atoms with Gasteiger partial charge in [0.1, 0.15) is 0 Å². The average Bonchev–Trinajstić information content (AvgIpc) is 3.30. The van der Waals surface area contributed by atoms with Gasteiger partial charge in [-0.25, -0.2) is 0 Å². The molecule has 3 fully saturated rings. The summed E-state index contributed by atoms with van der Waals surface area (Å²) in [4.78, 5) is 12.5. The zero-order valence-corrected chi connectivity index (χ0v) is 26.9. The van der Waals surface area contributed by atoms with Crippen LogP contribution in [0.15, 0.2) is 11.6 Å². The Labute approximate surface area is 247 Å². The van der Waals surface area contributed by atoms with Crippen molar-refractivity contribution in [1.82, 2.24) is 0 Å². The highest BCUT2D eigenvalue weighted by Gasteiger charge is 2.59. The molecular formula is C37H64O3. The first-order valence-corrected chi connectivity index (χ1v) is 17.8. The van der Waals surface area contributed by atoms with E-state index < -0.39 is 0 Å². The van der Waals surface area contributed by atoms with Gasteiger partial charge in [0.05, 0.1) is 12.7 Å². The maximum absolute atomic E-state index is 12.5. The van der Waals surface area contributed by atoms with E-state index in [0.717, 1.165) is 49.4 Å². The Balaban J connectivity index is 1.13. The summed E-state index contributed by atoms with van der Waals surface area (Å²) in [7, 11) is 0. The van der Waals surface area contributed by atoms with Crippen LogP contribution in [-0.2, 0) is 9.53 Å². The van der Waals surface area contributed by atoms with Gasteiger partial charge >= 0.3 is 5.97 Å². The van der Waals surface area contributed by atoms with Crippen molar-refractivity contribution < 1.29 is 14.6 Å². The van der Waals surface area contributed by atoms with Gasteiger partial charge in [0.25, 0.3) is 0 Å². The fraction of sp³-hybridized carbons (Fsp3) is 0.919. The van der Waals surface area contributed by atoms with Crippen LogP contribution in [0, 0.1) is 40.4 Å². The predicted molar refractivity (Wildman–Crippen MR) is 167 cm³/mol. The minimum Gasteiger partial charge on any atom is -0.466 e. The number of aliphatic hydroxyl groups is 1. The van der Waals surface area contributed by atoms with Crippen molar-refractivity contribution in [3.8, 4) is 0 Å². The van der Waals surface area contributed by atoms with Gasteiger partial charge in [-0.3, -0.25) is 4.79 Å². The topological polar surface area (TPSA) is 46.5 Å². The van der Waals surface area contributed by atoms with E-state index >= 15 is 0 Å². The quantitative estimate of drug-likeness (QED) is 0.117. The highest BCUT2D eigenvalue weighted by molar-refractivity contribution is 5.69. The Kier molecular flexibility index (Phi) is 12.1. The number of fused-ring (bicyclic) bond motifs is 5. The highest BCUT2D eigenvalue weighted by atomic mass is 16.5. The molecule has 0 unspecified atom stereocenters. The van der Waals surface area contributed by atoms with Crippen LogP contribution in [0.1, 0.15) is 163 Å². The average molecular weight is 557 g/mol. The zero-order valence-electron chi connectivity index (χ0n) is 26.9. The third kappa shape index (κ3) is 7.57. The molecule has 0 bridgehead atoms. The van der Waals surface area contributed by atoms with Gasteiger partial charge in [-0.05, 0) is 105 Å². The van der Waals surface area contributed by atoms with Gasteiger partial charge in [-0.2, -0.15) is 0 Å². The normalized spacial score (nSPS) is 35.8. The molecule has 4 aliphatic rings. The maximum Gasteiger partial charge on any atom is 0.305 e. The number of hydrogen-bond donors (Lipinski definition) is 1. The first kappa shape index (κ1) is 32.1. The molecule has 40 heavy (non-hydrogen) atoms. The Morgan fingerprint density at radius 2 is 1.60 bits per heavy atom. The molecule has 1 N–H and O–H groups in total. The van der Waals surface area contributed by atoms with E-state index in [1.165, 1.54) is 103 Å². The number of allylic oxidation sites excluding steroid dienone is 1. The molecule has 0 aromatic heterocycles. The van der Waals surface area contributed by atoms with Crippen LogP contribution in [-0.4, -0.2) is 23.8 Å². The van der Waals surface area contributed by atoms with E-state index in [9.17, 15) is 9.90 Å². The summed E-state index contributed by atoms with van der Waals surface area (Å²) in [6.45, 7) is 10.5. The number of ether oxygens (including phenoxy) is 1. The van der Waals surface area contributed by atoms with Gasteiger partial charge in [0.15, 0.2) is 0 Å². The first-order valence-electron chi connectivity index (χ1n) is 17.8. The second-order valence-electron chi connectivity index (χ2n) is 15.2. The van der Waals surface area contributed by atoms with Gasteiger partial charge in [-0.1, -0.05) is 104 Å². The van der Waals surface area contributed by atoms with Gasteiger partial charge in [0.2, 0.25) is 0 Å². The Morgan fingerprint density at radius 3 is 2.30 bits per heavy atom. The van der Waals surface area contributed by atoms with Gasteiger partial charge < -0.3 is 9.84 Å². The number of aliphatic hydroxyl groups excluding tert-OH is 1. The molecule has 0 amide bonds. The van der Waals surface area contributed by atoms with E-state index in [1.54, 1.807) is 5.57 Å².